The molecule has 15 heavy (non-hydrogen) atoms. The van der Waals surface area contributed by atoms with Gasteiger partial charge in [0.15, 0.2) is 0 Å². The highest BCUT2D eigenvalue weighted by molar-refractivity contribution is 7.45. The summed E-state index contributed by atoms with van der Waals surface area (Å²) in [5.74, 6) is 0. The van der Waals surface area contributed by atoms with E-state index in [2.05, 4.69) is 65.8 Å². The maximum Gasteiger partial charge on any atom is 0.466 e. The van der Waals surface area contributed by atoms with Gasteiger partial charge in [-0.1, -0.05) is 0 Å². The van der Waals surface area contributed by atoms with Crippen molar-refractivity contribution in [3.05, 3.63) is 65.8 Å². The lowest BCUT2D eigenvalue weighted by molar-refractivity contribution is 0.275. The number of rotatable bonds is 0. The molecule has 0 aromatic heterocycles. The Morgan fingerprint density at radius 3 is 0.533 bits per heavy atom. The third-order valence-electron chi connectivity index (χ3n) is 0. The van der Waals surface area contributed by atoms with Crippen LogP contribution in [0.2, 0.25) is 0 Å². The second kappa shape index (κ2) is 77.2. The zero-order chi connectivity index (χ0) is 14.5. The summed E-state index contributed by atoms with van der Waals surface area (Å²) >= 11 is 0. The summed E-state index contributed by atoms with van der Waals surface area (Å²) in [6.45, 7) is 30.0. The Morgan fingerprint density at radius 2 is 0.533 bits per heavy atom. The minimum absolute atomic E-state index is 3.00. The fourth-order valence-corrected chi connectivity index (χ4v) is 0. The molecular weight excluding hydrogens is 215 g/mol. The number of hydrogen-bond donors (Lipinski definition) is 3. The molecule has 0 heterocycles. The van der Waals surface area contributed by atoms with Crippen LogP contribution in [0.15, 0.2) is 65.8 Å². The summed E-state index contributed by atoms with van der Waals surface area (Å²) in [4.78, 5) is 21.6. The van der Waals surface area contributed by atoms with E-state index in [1.54, 1.807) is 0 Å². The smallest absolute Gasteiger partial charge is 0.303 e. The zero-order valence-corrected chi connectivity index (χ0v) is 10.2. The number of hydrogen-bond acceptors (Lipinski definition) is 1. The predicted octanol–water partition coefficient (Wildman–Crippen LogP) is 3.08. The maximum absolute atomic E-state index is 8.88. The van der Waals surface area contributed by atoms with E-state index in [-0.39, 0.29) is 0 Å². The highest BCUT2D eigenvalue weighted by Crippen LogP contribution is 2.25. The molecule has 0 amide bonds. The summed E-state index contributed by atoms with van der Waals surface area (Å²) in [6, 6.07) is 0. The van der Waals surface area contributed by atoms with Gasteiger partial charge < -0.3 is 14.7 Å². The lowest BCUT2D eigenvalue weighted by Crippen LogP contribution is -1.66. The van der Waals surface area contributed by atoms with Crippen LogP contribution in [-0.4, -0.2) is 14.7 Å². The first-order valence-corrected chi connectivity index (χ1v) is 4.85. The second-order valence-corrected chi connectivity index (χ2v) is 1.54. The minimum Gasteiger partial charge on any atom is -0.303 e. The molecule has 3 N–H and O–H groups in total. The van der Waals surface area contributed by atoms with Crippen molar-refractivity contribution >= 4 is 7.82 Å². The second-order valence-electron chi connectivity index (χ2n) is 0.513. The van der Waals surface area contributed by atoms with Gasteiger partial charge in [-0.25, -0.2) is 4.57 Å². The van der Waals surface area contributed by atoms with Crippen LogP contribution in [0.25, 0.3) is 0 Å². The van der Waals surface area contributed by atoms with Crippen molar-refractivity contribution in [1.29, 1.82) is 0 Å². The molecule has 0 rings (SSSR count). The van der Waals surface area contributed by atoms with E-state index in [1.807, 2.05) is 0 Å². The fraction of sp³-hybridized carbons (Fsp3) is 0. The molecule has 0 saturated carbocycles. The Hall–Kier alpha value is -1.19. The van der Waals surface area contributed by atoms with Crippen LogP contribution >= 0.6 is 7.82 Å². The van der Waals surface area contributed by atoms with Gasteiger partial charge in [0.2, 0.25) is 0 Å². The van der Waals surface area contributed by atoms with Crippen molar-refractivity contribution in [1.82, 2.24) is 0 Å². The average Bonchev–Trinajstić information content (AvgIpc) is 2.29. The van der Waals surface area contributed by atoms with Gasteiger partial charge in [-0.3, -0.25) is 0 Å². The molecule has 0 spiro atoms. The van der Waals surface area contributed by atoms with Crippen molar-refractivity contribution < 1.29 is 19.2 Å². The lowest BCUT2D eigenvalue weighted by Gasteiger charge is -1.82. The SMILES string of the molecule is C=C.C=C.C=C.C=C.C=C.O=P(O)(O)O. The molecule has 5 heteroatoms. The van der Waals surface area contributed by atoms with Crippen molar-refractivity contribution in [2.24, 2.45) is 0 Å². The van der Waals surface area contributed by atoms with Gasteiger partial charge in [-0.05, 0) is 0 Å². The van der Waals surface area contributed by atoms with Crippen molar-refractivity contribution in [3.63, 3.8) is 0 Å². The highest BCUT2D eigenvalue weighted by Gasteiger charge is 2.00. The highest BCUT2D eigenvalue weighted by atomic mass is 31.2. The molecule has 0 saturated heterocycles. The molecular formula is C10H23O4P. The minimum atomic E-state index is -4.64. The summed E-state index contributed by atoms with van der Waals surface area (Å²) < 4.78 is 8.88. The van der Waals surface area contributed by atoms with E-state index in [0.29, 0.717) is 0 Å². The quantitative estimate of drug-likeness (QED) is 0.447. The van der Waals surface area contributed by atoms with Gasteiger partial charge in [-0.2, -0.15) is 0 Å². The van der Waals surface area contributed by atoms with E-state index >= 15 is 0 Å². The number of phosphoric acid groups is 1. The summed E-state index contributed by atoms with van der Waals surface area (Å²) in [5.41, 5.74) is 0. The summed E-state index contributed by atoms with van der Waals surface area (Å²) in [5, 5.41) is 0. The van der Waals surface area contributed by atoms with E-state index in [1.165, 1.54) is 0 Å². The molecule has 0 aliphatic carbocycles. The van der Waals surface area contributed by atoms with Gasteiger partial charge in [0.05, 0.1) is 0 Å². The van der Waals surface area contributed by atoms with Crippen molar-refractivity contribution in [2.45, 2.75) is 0 Å². The monoisotopic (exact) mass is 238 g/mol. The normalized spacial score (nSPS) is 5.27. The Morgan fingerprint density at radius 1 is 0.533 bits per heavy atom. The Kier molecular flexibility index (Phi) is 191. The Bertz CT molecular complexity index is 103. The standard InChI is InChI=1S/5C2H4.H3O4P/c5*1-2;1-5(2,3)4/h5*1-2H2;(H3,1,2,3,4). The molecule has 0 atom stereocenters. The van der Waals surface area contributed by atoms with Gasteiger partial charge in [-0.15, -0.1) is 65.8 Å². The largest absolute Gasteiger partial charge is 0.466 e. The topological polar surface area (TPSA) is 77.8 Å². The zero-order valence-electron chi connectivity index (χ0n) is 9.27. The molecule has 0 fully saturated rings. The maximum atomic E-state index is 8.88. The Balaban J connectivity index is -0.0000000177. The van der Waals surface area contributed by atoms with Crippen LogP contribution in [0.3, 0.4) is 0 Å². The fourth-order valence-electron chi connectivity index (χ4n) is 0. The van der Waals surface area contributed by atoms with Crippen LogP contribution in [-0.2, 0) is 4.57 Å². The Labute approximate surface area is 93.5 Å². The van der Waals surface area contributed by atoms with E-state index in [4.69, 9.17) is 19.2 Å². The van der Waals surface area contributed by atoms with Crippen LogP contribution in [0, 0.1) is 0 Å². The van der Waals surface area contributed by atoms with Crippen LogP contribution in [0.1, 0.15) is 0 Å². The first-order chi connectivity index (χ1) is 7.00. The molecule has 0 unspecified atom stereocenters. The average molecular weight is 238 g/mol. The predicted molar refractivity (Wildman–Crippen MR) is 70.5 cm³/mol. The third-order valence-corrected chi connectivity index (χ3v) is 0. The van der Waals surface area contributed by atoms with E-state index in [0.717, 1.165) is 0 Å². The summed E-state index contributed by atoms with van der Waals surface area (Å²) in [7, 11) is -4.64. The van der Waals surface area contributed by atoms with Gasteiger partial charge in [0, 0.05) is 0 Å². The van der Waals surface area contributed by atoms with Crippen LogP contribution < -0.4 is 0 Å². The molecule has 0 aliphatic rings. The molecule has 0 aromatic carbocycles. The first-order valence-electron chi connectivity index (χ1n) is 3.28. The van der Waals surface area contributed by atoms with Crippen LogP contribution in [0.5, 0.6) is 0 Å². The molecule has 0 bridgehead atoms. The van der Waals surface area contributed by atoms with Crippen molar-refractivity contribution in [3.8, 4) is 0 Å². The van der Waals surface area contributed by atoms with Crippen LogP contribution in [0.4, 0.5) is 0 Å². The van der Waals surface area contributed by atoms with E-state index < -0.39 is 7.82 Å². The molecule has 0 aliphatic heterocycles. The lowest BCUT2D eigenvalue weighted by atomic mass is 11.3. The van der Waals surface area contributed by atoms with Gasteiger partial charge in [0.1, 0.15) is 0 Å². The molecule has 4 nitrogen and oxygen atoms in total. The van der Waals surface area contributed by atoms with Crippen molar-refractivity contribution in [2.75, 3.05) is 0 Å². The first kappa shape index (κ1) is 37.2. The summed E-state index contributed by atoms with van der Waals surface area (Å²) in [6.07, 6.45) is 0. The molecule has 92 valence electrons. The van der Waals surface area contributed by atoms with E-state index in [9.17, 15) is 0 Å². The molecule has 0 radical (unpaired) electrons. The van der Waals surface area contributed by atoms with Gasteiger partial charge >= 0.3 is 7.82 Å². The van der Waals surface area contributed by atoms with Gasteiger partial charge in [0.25, 0.3) is 0 Å². The molecule has 0 aromatic rings. The third kappa shape index (κ3) is 1060.